The number of amides is 2. The van der Waals surface area contributed by atoms with Crippen molar-refractivity contribution in [1.29, 1.82) is 0 Å². The van der Waals surface area contributed by atoms with Crippen LogP contribution in [0.25, 0.3) is 43.9 Å². The molecule has 1 saturated carbocycles. The molecule has 2 aliphatic rings. The molecule has 1 aliphatic carbocycles. The number of pyridine rings is 1. The molecule has 0 spiro atoms. The first-order valence-electron chi connectivity index (χ1n) is 15.0. The van der Waals surface area contributed by atoms with Gasteiger partial charge in [0.1, 0.15) is 28.8 Å². The van der Waals surface area contributed by atoms with E-state index in [4.69, 9.17) is 14.8 Å². The van der Waals surface area contributed by atoms with Crippen LogP contribution >= 0.6 is 11.3 Å². The number of rotatable bonds is 7. The average molecular weight is 640 g/mol. The summed E-state index contributed by atoms with van der Waals surface area (Å²) in [6.07, 6.45) is 2.89. The van der Waals surface area contributed by atoms with Crippen molar-refractivity contribution >= 4 is 33.2 Å². The third-order valence-electron chi connectivity index (χ3n) is 9.18. The lowest BCUT2D eigenvalue weighted by atomic mass is 9.92. The lowest BCUT2D eigenvalue weighted by Gasteiger charge is -2.33. The van der Waals surface area contributed by atoms with Crippen molar-refractivity contribution in [3.8, 4) is 39.5 Å². The molecule has 1 fully saturated rings. The molecule has 234 valence electrons. The summed E-state index contributed by atoms with van der Waals surface area (Å²) in [7, 11) is 3.03. The van der Waals surface area contributed by atoms with Crippen molar-refractivity contribution in [2.75, 3.05) is 20.7 Å². The Bertz CT molecular complexity index is 2050. The summed E-state index contributed by atoms with van der Waals surface area (Å²) in [6.45, 7) is 6.48. The first-order valence-corrected chi connectivity index (χ1v) is 15.9. The second-order valence-electron chi connectivity index (χ2n) is 11.6. The number of hydrogen-bond donors (Lipinski definition) is 1. The summed E-state index contributed by atoms with van der Waals surface area (Å²) >= 11 is 1.42. The van der Waals surface area contributed by atoms with Crippen LogP contribution < -0.4 is 10.1 Å². The number of halogens is 2. The Morgan fingerprint density at radius 2 is 1.85 bits per heavy atom. The van der Waals surface area contributed by atoms with Crippen LogP contribution in [0, 0.1) is 11.6 Å². The predicted molar refractivity (Wildman–Crippen MR) is 173 cm³/mol. The second-order valence-corrected chi connectivity index (χ2v) is 12.6. The number of hydrogen-bond acceptors (Lipinski definition) is 6. The molecule has 7 rings (SSSR count). The molecule has 1 atom stereocenters. The zero-order chi connectivity index (χ0) is 32.3. The van der Waals surface area contributed by atoms with Crippen molar-refractivity contribution < 1.29 is 23.1 Å². The van der Waals surface area contributed by atoms with Crippen LogP contribution in [0.3, 0.4) is 0 Å². The number of nitrogens with one attached hydrogen (secondary N) is 1. The van der Waals surface area contributed by atoms with E-state index in [1.54, 1.807) is 11.9 Å². The summed E-state index contributed by atoms with van der Waals surface area (Å²) in [5, 5.41) is 10.4. The number of carbonyl (C=O) groups is 2. The van der Waals surface area contributed by atoms with Crippen molar-refractivity contribution in [2.24, 2.45) is 0 Å². The van der Waals surface area contributed by atoms with E-state index in [9.17, 15) is 14.0 Å². The van der Waals surface area contributed by atoms with Gasteiger partial charge in [-0.05, 0) is 48.9 Å². The topological polar surface area (TPSA) is 89.4 Å². The summed E-state index contributed by atoms with van der Waals surface area (Å²) in [5.41, 5.74) is 4.14. The Morgan fingerprint density at radius 3 is 2.52 bits per heavy atom. The van der Waals surface area contributed by atoms with E-state index in [1.165, 1.54) is 24.5 Å². The molecule has 1 aliphatic heterocycles. The third kappa shape index (κ3) is 4.60. The van der Waals surface area contributed by atoms with Gasteiger partial charge in [0.15, 0.2) is 0 Å². The Labute approximate surface area is 268 Å². The van der Waals surface area contributed by atoms with Crippen LogP contribution in [0.5, 0.6) is 5.75 Å². The molecule has 11 heteroatoms. The summed E-state index contributed by atoms with van der Waals surface area (Å²) in [5.74, 6) is -1.66. The number of fused-ring (bicyclic) bond motifs is 2. The van der Waals surface area contributed by atoms with Gasteiger partial charge in [-0.3, -0.25) is 14.3 Å². The van der Waals surface area contributed by atoms with Crippen LogP contribution in [0.1, 0.15) is 37.1 Å². The number of nitrogens with zero attached hydrogens (tertiary/aromatic N) is 4. The molecule has 0 saturated heterocycles. The fourth-order valence-electron chi connectivity index (χ4n) is 6.61. The molecule has 1 N–H and O–H groups in total. The predicted octanol–water partition coefficient (Wildman–Crippen LogP) is 6.65. The number of likely N-dealkylation sites (N-methyl/N-ethyl adjacent to an activating group) is 1. The molecular weight excluding hydrogens is 608 g/mol. The van der Waals surface area contributed by atoms with Crippen molar-refractivity contribution in [1.82, 2.24) is 25.0 Å². The van der Waals surface area contributed by atoms with E-state index in [0.29, 0.717) is 35.7 Å². The Kier molecular flexibility index (Phi) is 7.23. The first-order chi connectivity index (χ1) is 22.2. The molecule has 0 bridgehead atoms. The summed E-state index contributed by atoms with van der Waals surface area (Å²) in [4.78, 5) is 32.1. The molecule has 46 heavy (non-hydrogen) atoms. The van der Waals surface area contributed by atoms with Crippen LogP contribution in [0.4, 0.5) is 8.78 Å². The van der Waals surface area contributed by atoms with E-state index in [1.807, 2.05) is 53.4 Å². The fourth-order valence-corrected chi connectivity index (χ4v) is 7.56. The van der Waals surface area contributed by atoms with Gasteiger partial charge in [0, 0.05) is 46.9 Å². The first kappa shape index (κ1) is 29.8. The van der Waals surface area contributed by atoms with Crippen molar-refractivity contribution in [3.05, 3.63) is 89.5 Å². The van der Waals surface area contributed by atoms with E-state index >= 15 is 4.39 Å². The molecule has 8 nitrogen and oxygen atoms in total. The highest BCUT2D eigenvalue weighted by Crippen LogP contribution is 2.50. The Morgan fingerprint density at radius 1 is 1.09 bits per heavy atom. The summed E-state index contributed by atoms with van der Waals surface area (Å²) < 4.78 is 38.3. The lowest BCUT2D eigenvalue weighted by molar-refractivity contribution is -0.129. The molecule has 5 aromatic rings. The van der Waals surface area contributed by atoms with Gasteiger partial charge in [0.2, 0.25) is 11.8 Å². The molecular formula is C35H31F2N5O3S. The van der Waals surface area contributed by atoms with Gasteiger partial charge >= 0.3 is 0 Å². The minimum Gasteiger partial charge on any atom is -0.496 e. The minimum absolute atomic E-state index is 0.00634. The van der Waals surface area contributed by atoms with Gasteiger partial charge in [0.05, 0.1) is 42.1 Å². The van der Waals surface area contributed by atoms with Crippen LogP contribution in [-0.4, -0.2) is 52.2 Å². The van der Waals surface area contributed by atoms with Gasteiger partial charge in [-0.15, -0.1) is 11.3 Å². The van der Waals surface area contributed by atoms with Gasteiger partial charge in [0.25, 0.3) is 0 Å². The summed E-state index contributed by atoms with van der Waals surface area (Å²) in [6, 6.07) is 13.4. The standard InChI is InChI=1S/C35H31F2N5O3S/c1-5-28(43)41-13-14-42-26(19(41)2)18-25(40-42)32-30(29-24(37)16-22(36)17-27(29)45-4)33-23(10-15-46-33)31(39-32)20-6-8-21(9-7-20)35(11-12-35)34(44)38-3/h5-10,15-19H,1,11-14H2,2-4H3,(H,38,44). The van der Waals surface area contributed by atoms with Gasteiger partial charge in [-0.2, -0.15) is 5.10 Å². The monoisotopic (exact) mass is 639 g/mol. The van der Waals surface area contributed by atoms with Crippen LogP contribution in [0.15, 0.2) is 66.6 Å². The zero-order valence-electron chi connectivity index (χ0n) is 25.6. The van der Waals surface area contributed by atoms with E-state index in [2.05, 4.69) is 11.9 Å². The minimum atomic E-state index is -0.782. The highest BCUT2D eigenvalue weighted by Gasteiger charge is 2.50. The highest BCUT2D eigenvalue weighted by molar-refractivity contribution is 7.18. The molecule has 2 amide bonds. The number of aromatic nitrogens is 3. The van der Waals surface area contributed by atoms with E-state index < -0.39 is 17.0 Å². The number of benzene rings is 2. The molecule has 3 aromatic heterocycles. The molecule has 1 unspecified atom stereocenters. The van der Waals surface area contributed by atoms with Gasteiger partial charge in [-0.25, -0.2) is 13.8 Å². The Balaban J connectivity index is 1.45. The normalized spacial score (nSPS) is 16.6. The lowest BCUT2D eigenvalue weighted by Crippen LogP contribution is -2.40. The van der Waals surface area contributed by atoms with Gasteiger partial charge in [-0.1, -0.05) is 30.8 Å². The SMILES string of the molecule is C=CC(=O)N1CCn2nc(-c3nc(-c4ccc(C5(C(=O)NC)CC5)cc4)c4ccsc4c3-c3c(F)cc(F)cc3OC)cc2C1C. The highest BCUT2D eigenvalue weighted by atomic mass is 32.1. The number of thiophene rings is 1. The van der Waals surface area contributed by atoms with Crippen molar-refractivity contribution in [3.63, 3.8) is 0 Å². The smallest absolute Gasteiger partial charge is 0.246 e. The maximum absolute atomic E-state index is 15.8. The molecule has 0 radical (unpaired) electrons. The van der Waals surface area contributed by atoms with Gasteiger partial charge < -0.3 is 15.0 Å². The van der Waals surface area contributed by atoms with E-state index in [-0.39, 0.29) is 29.2 Å². The number of methoxy groups -OCH3 is 1. The Hall–Kier alpha value is -4.90. The maximum atomic E-state index is 15.8. The van der Waals surface area contributed by atoms with Crippen molar-refractivity contribution in [2.45, 2.75) is 37.8 Å². The van der Waals surface area contributed by atoms with Crippen LogP contribution in [-0.2, 0) is 21.5 Å². The number of ether oxygens (including phenoxy) is 1. The largest absolute Gasteiger partial charge is 0.496 e. The maximum Gasteiger partial charge on any atom is 0.246 e. The van der Waals surface area contributed by atoms with Crippen LogP contribution in [0.2, 0.25) is 0 Å². The fraction of sp³-hybridized carbons (Fsp3) is 0.257. The number of carbonyl (C=O) groups excluding carboxylic acids is 2. The molecule has 4 heterocycles. The average Bonchev–Trinajstić information content (AvgIpc) is 3.51. The second kappa shape index (κ2) is 11.2. The van der Waals surface area contributed by atoms with E-state index in [0.717, 1.165) is 51.9 Å². The quantitative estimate of drug-likeness (QED) is 0.202. The zero-order valence-corrected chi connectivity index (χ0v) is 26.4. The molecule has 2 aromatic carbocycles. The third-order valence-corrected chi connectivity index (χ3v) is 10.1.